The van der Waals surface area contributed by atoms with Crippen LogP contribution >= 0.6 is 0 Å². The van der Waals surface area contributed by atoms with Crippen LogP contribution in [-0.4, -0.2) is 43.7 Å². The molecular weight excluding hydrogens is 396 g/mol. The van der Waals surface area contributed by atoms with Crippen LogP contribution in [0.25, 0.3) is 22.0 Å². The lowest BCUT2D eigenvalue weighted by Crippen LogP contribution is -2.40. The number of nitrogens with two attached hydrogens (primary N) is 1. The van der Waals surface area contributed by atoms with E-state index >= 15 is 0 Å². The van der Waals surface area contributed by atoms with E-state index in [0.29, 0.717) is 40.9 Å². The maximum atomic E-state index is 12.3. The highest BCUT2D eigenvalue weighted by molar-refractivity contribution is 7.86. The molecule has 0 radical (unpaired) electrons. The lowest BCUT2D eigenvalue weighted by Gasteiger charge is -2.26. The third kappa shape index (κ3) is 3.46. The predicted molar refractivity (Wildman–Crippen MR) is 108 cm³/mol. The molecule has 0 spiro atoms. The van der Waals surface area contributed by atoms with Gasteiger partial charge < -0.3 is 9.47 Å². The van der Waals surface area contributed by atoms with Crippen LogP contribution in [0, 0.1) is 0 Å². The molecule has 0 amide bonds. The fraction of sp³-hybridized carbons (Fsp3) is 0.263. The van der Waals surface area contributed by atoms with Gasteiger partial charge in [-0.1, -0.05) is 12.1 Å². The normalized spacial score (nSPS) is 14.6. The molecule has 152 valence electrons. The Kier molecular flexibility index (Phi) is 4.77. The average molecular weight is 416 g/mol. The predicted octanol–water partition coefficient (Wildman–Crippen LogP) is 1.17. The minimum Gasteiger partial charge on any atom is -0.493 e. The van der Waals surface area contributed by atoms with E-state index in [-0.39, 0.29) is 12.1 Å². The first-order chi connectivity index (χ1) is 13.8. The Bertz CT molecular complexity index is 1270. The second-order valence-corrected chi connectivity index (χ2v) is 8.31. The topological polar surface area (TPSA) is 128 Å². The molecule has 0 fully saturated rings. The van der Waals surface area contributed by atoms with Gasteiger partial charge in [-0.2, -0.15) is 17.8 Å². The summed E-state index contributed by atoms with van der Waals surface area (Å²) in [5, 5.41) is 13.1. The zero-order valence-electron chi connectivity index (χ0n) is 15.9. The summed E-state index contributed by atoms with van der Waals surface area (Å²) in [4.78, 5) is 12.3. The molecule has 0 bridgehead atoms. The lowest BCUT2D eigenvalue weighted by molar-refractivity contribution is 0.356. The van der Waals surface area contributed by atoms with Crippen molar-refractivity contribution in [1.82, 2.24) is 14.5 Å². The summed E-state index contributed by atoms with van der Waals surface area (Å²) in [6, 6.07) is 9.03. The highest BCUT2D eigenvalue weighted by Gasteiger charge is 2.24. The first kappa shape index (κ1) is 19.4. The number of hydrogen-bond acceptors (Lipinski definition) is 6. The molecule has 0 aliphatic carbocycles. The number of nitrogens with zero attached hydrogens (tertiary/aromatic N) is 2. The summed E-state index contributed by atoms with van der Waals surface area (Å²) in [5.74, 6) is 0.951. The van der Waals surface area contributed by atoms with Crippen molar-refractivity contribution in [3.8, 4) is 22.8 Å². The molecular formula is C19H20N4O5S. The minimum atomic E-state index is -3.72. The highest BCUT2D eigenvalue weighted by atomic mass is 32.2. The molecule has 1 aromatic heterocycles. The van der Waals surface area contributed by atoms with Gasteiger partial charge in [0.15, 0.2) is 11.5 Å². The smallest absolute Gasteiger partial charge is 0.277 e. The first-order valence-electron chi connectivity index (χ1n) is 8.86. The van der Waals surface area contributed by atoms with E-state index in [1.54, 1.807) is 12.1 Å². The Morgan fingerprint density at radius 3 is 2.41 bits per heavy atom. The van der Waals surface area contributed by atoms with Gasteiger partial charge in [0.25, 0.3) is 15.8 Å². The number of H-pyrrole nitrogens is 1. The fourth-order valence-electron chi connectivity index (χ4n) is 3.60. The number of hydrogen-bond donors (Lipinski definition) is 2. The van der Waals surface area contributed by atoms with E-state index in [9.17, 15) is 13.2 Å². The molecule has 9 nitrogen and oxygen atoms in total. The van der Waals surface area contributed by atoms with E-state index in [4.69, 9.17) is 14.6 Å². The zero-order valence-corrected chi connectivity index (χ0v) is 16.7. The van der Waals surface area contributed by atoms with E-state index in [1.807, 2.05) is 18.2 Å². The number of aromatic amines is 1. The van der Waals surface area contributed by atoms with Gasteiger partial charge in [0.1, 0.15) is 0 Å². The van der Waals surface area contributed by atoms with Crippen LogP contribution < -0.4 is 20.2 Å². The Balaban J connectivity index is 1.84. The summed E-state index contributed by atoms with van der Waals surface area (Å²) in [6.07, 6.45) is 0.540. The van der Waals surface area contributed by atoms with Gasteiger partial charge in [-0.15, -0.1) is 0 Å². The SMILES string of the molecule is COc1cc2c(-c3ccc4c(c3)CCN(S(N)(=O)=O)C4)n[nH]c(=O)c2cc1OC. The monoisotopic (exact) mass is 416 g/mol. The third-order valence-corrected chi connectivity index (χ3v) is 6.14. The van der Waals surface area contributed by atoms with Crippen LogP contribution in [0.15, 0.2) is 35.1 Å². The lowest BCUT2D eigenvalue weighted by atomic mass is 9.95. The number of methoxy groups -OCH3 is 2. The van der Waals surface area contributed by atoms with Crippen molar-refractivity contribution in [2.45, 2.75) is 13.0 Å². The van der Waals surface area contributed by atoms with E-state index < -0.39 is 10.2 Å². The molecule has 3 aromatic rings. The van der Waals surface area contributed by atoms with Gasteiger partial charge in [-0.05, 0) is 35.7 Å². The number of fused-ring (bicyclic) bond motifs is 2. The summed E-state index contributed by atoms with van der Waals surface area (Å²) in [6.45, 7) is 0.555. The number of ether oxygens (including phenoxy) is 2. The summed E-state index contributed by atoms with van der Waals surface area (Å²) >= 11 is 0. The maximum Gasteiger partial charge on any atom is 0.277 e. The first-order valence-corrected chi connectivity index (χ1v) is 10.4. The number of aromatic nitrogens is 2. The molecule has 4 rings (SSSR count). The number of rotatable bonds is 4. The van der Waals surface area contributed by atoms with Gasteiger partial charge in [0, 0.05) is 24.0 Å². The van der Waals surface area contributed by atoms with Gasteiger partial charge in [0.2, 0.25) is 0 Å². The molecule has 10 heteroatoms. The average Bonchev–Trinajstić information content (AvgIpc) is 2.71. The van der Waals surface area contributed by atoms with E-state index in [2.05, 4.69) is 10.2 Å². The second kappa shape index (κ2) is 7.14. The Labute approximate surface area is 167 Å². The molecule has 1 aliphatic rings. The van der Waals surface area contributed by atoms with Gasteiger partial charge in [-0.3, -0.25) is 4.79 Å². The fourth-order valence-corrected chi connectivity index (χ4v) is 4.27. The molecule has 0 saturated carbocycles. The number of benzene rings is 2. The molecule has 29 heavy (non-hydrogen) atoms. The van der Waals surface area contributed by atoms with Crippen LogP contribution in [-0.2, 0) is 23.2 Å². The molecule has 3 N–H and O–H groups in total. The van der Waals surface area contributed by atoms with Crippen molar-refractivity contribution in [2.75, 3.05) is 20.8 Å². The molecule has 0 unspecified atom stereocenters. The molecule has 0 atom stereocenters. The molecule has 1 aliphatic heterocycles. The quantitative estimate of drug-likeness (QED) is 0.657. The van der Waals surface area contributed by atoms with Crippen molar-refractivity contribution >= 4 is 21.0 Å². The van der Waals surface area contributed by atoms with Crippen molar-refractivity contribution in [1.29, 1.82) is 0 Å². The molecule has 2 aromatic carbocycles. The van der Waals surface area contributed by atoms with Gasteiger partial charge >= 0.3 is 0 Å². The van der Waals surface area contributed by atoms with Crippen LogP contribution in [0.2, 0.25) is 0 Å². The second-order valence-electron chi connectivity index (χ2n) is 6.77. The maximum absolute atomic E-state index is 12.3. The van der Waals surface area contributed by atoms with Crippen molar-refractivity contribution in [3.63, 3.8) is 0 Å². The van der Waals surface area contributed by atoms with E-state index in [1.165, 1.54) is 18.5 Å². The van der Waals surface area contributed by atoms with E-state index in [0.717, 1.165) is 16.7 Å². The Hall–Kier alpha value is -2.95. The standard InChI is InChI=1S/C19H20N4O5S/c1-27-16-8-14-15(9-17(16)28-2)19(24)22-21-18(14)12-3-4-13-10-23(29(20,25)26)6-5-11(13)7-12/h3-4,7-9H,5-6,10H2,1-2H3,(H,22,24)(H2,20,25,26). The summed E-state index contributed by atoms with van der Waals surface area (Å²) in [5.41, 5.74) is 2.98. The van der Waals surface area contributed by atoms with Gasteiger partial charge in [-0.25, -0.2) is 10.2 Å². The molecule has 0 saturated heterocycles. The van der Waals surface area contributed by atoms with Crippen molar-refractivity contribution in [3.05, 3.63) is 51.8 Å². The Morgan fingerprint density at radius 2 is 1.76 bits per heavy atom. The van der Waals surface area contributed by atoms with Crippen LogP contribution in [0.5, 0.6) is 11.5 Å². The number of nitrogens with one attached hydrogen (secondary N) is 1. The summed E-state index contributed by atoms with van der Waals surface area (Å²) in [7, 11) is -0.687. The molecule has 2 heterocycles. The van der Waals surface area contributed by atoms with Crippen molar-refractivity contribution in [2.24, 2.45) is 5.14 Å². The van der Waals surface area contributed by atoms with Crippen LogP contribution in [0.1, 0.15) is 11.1 Å². The van der Waals surface area contributed by atoms with Crippen molar-refractivity contribution < 1.29 is 17.9 Å². The third-order valence-electron chi connectivity index (χ3n) is 5.11. The largest absolute Gasteiger partial charge is 0.493 e. The summed E-state index contributed by atoms with van der Waals surface area (Å²) < 4.78 is 35.1. The van der Waals surface area contributed by atoms with Crippen LogP contribution in [0.4, 0.5) is 0 Å². The zero-order chi connectivity index (χ0) is 20.8. The van der Waals surface area contributed by atoms with Gasteiger partial charge in [0.05, 0.1) is 25.3 Å². The minimum absolute atomic E-state index is 0.235. The highest BCUT2D eigenvalue weighted by Crippen LogP contribution is 2.35. The Morgan fingerprint density at radius 1 is 1.07 bits per heavy atom. The van der Waals surface area contributed by atoms with Crippen LogP contribution in [0.3, 0.4) is 0 Å².